The van der Waals surface area contributed by atoms with Crippen LogP contribution in [0.4, 0.5) is 5.69 Å². The zero-order valence-electron chi connectivity index (χ0n) is 11.1. The Labute approximate surface area is 122 Å². The van der Waals surface area contributed by atoms with Crippen LogP contribution in [0.25, 0.3) is 0 Å². The Hall–Kier alpha value is -2.10. The fraction of sp³-hybridized carbons (Fsp3) is 0.250. The molecule has 9 heteroatoms. The van der Waals surface area contributed by atoms with Gasteiger partial charge >= 0.3 is 0 Å². The SMILES string of the molecule is O=[N+]([O-])c1cccc(S(=O)(=O)NCCC[NH+]2C=CN=C2)c1. The summed E-state index contributed by atoms with van der Waals surface area (Å²) in [5.74, 6) is 0. The molecule has 1 aliphatic heterocycles. The van der Waals surface area contributed by atoms with Crippen molar-refractivity contribution >= 4 is 22.0 Å². The minimum Gasteiger partial charge on any atom is -0.265 e. The number of rotatable bonds is 7. The fourth-order valence-electron chi connectivity index (χ4n) is 1.82. The Bertz CT molecular complexity index is 672. The van der Waals surface area contributed by atoms with E-state index in [1.165, 1.54) is 18.2 Å². The van der Waals surface area contributed by atoms with E-state index < -0.39 is 14.9 Å². The summed E-state index contributed by atoms with van der Waals surface area (Å²) in [6, 6.07) is 4.98. The van der Waals surface area contributed by atoms with Gasteiger partial charge in [-0.2, -0.15) is 0 Å². The number of aliphatic imine (C=N–C) groups is 1. The van der Waals surface area contributed by atoms with Gasteiger partial charge in [0, 0.05) is 25.1 Å². The smallest absolute Gasteiger partial charge is 0.265 e. The van der Waals surface area contributed by atoms with Gasteiger partial charge in [-0.05, 0) is 6.07 Å². The number of hydrogen-bond acceptors (Lipinski definition) is 5. The van der Waals surface area contributed by atoms with Crippen molar-refractivity contribution in [3.8, 4) is 0 Å². The van der Waals surface area contributed by atoms with E-state index in [9.17, 15) is 18.5 Å². The van der Waals surface area contributed by atoms with E-state index in [0.29, 0.717) is 6.42 Å². The highest BCUT2D eigenvalue weighted by molar-refractivity contribution is 7.89. The summed E-state index contributed by atoms with van der Waals surface area (Å²) >= 11 is 0. The first-order valence-electron chi connectivity index (χ1n) is 6.29. The molecule has 1 atom stereocenters. The maximum absolute atomic E-state index is 12.0. The van der Waals surface area contributed by atoms with Crippen molar-refractivity contribution in [2.45, 2.75) is 11.3 Å². The first-order valence-corrected chi connectivity index (χ1v) is 7.77. The first kappa shape index (κ1) is 15.3. The van der Waals surface area contributed by atoms with Crippen LogP contribution in [0.5, 0.6) is 0 Å². The number of nitrogens with zero attached hydrogens (tertiary/aromatic N) is 2. The Kier molecular flexibility index (Phi) is 4.78. The van der Waals surface area contributed by atoms with Gasteiger partial charge in [0.25, 0.3) is 5.69 Å². The summed E-state index contributed by atoms with van der Waals surface area (Å²) in [6.45, 7) is 0.980. The lowest BCUT2D eigenvalue weighted by Gasteiger charge is -2.08. The largest absolute Gasteiger partial charge is 0.270 e. The third-order valence-electron chi connectivity index (χ3n) is 2.89. The number of nitrogens with one attached hydrogen (secondary N) is 2. The van der Waals surface area contributed by atoms with Gasteiger partial charge < -0.3 is 0 Å². The Balaban J connectivity index is 1.91. The number of benzene rings is 1. The Morgan fingerprint density at radius 3 is 2.86 bits per heavy atom. The molecule has 0 spiro atoms. The van der Waals surface area contributed by atoms with Crippen LogP contribution >= 0.6 is 0 Å². The minimum atomic E-state index is -3.73. The zero-order chi connectivity index (χ0) is 15.3. The van der Waals surface area contributed by atoms with E-state index in [-0.39, 0.29) is 17.1 Å². The van der Waals surface area contributed by atoms with Crippen molar-refractivity contribution in [1.82, 2.24) is 4.72 Å². The Morgan fingerprint density at radius 2 is 2.19 bits per heavy atom. The number of non-ortho nitro benzene ring substituents is 1. The van der Waals surface area contributed by atoms with Crippen LogP contribution in [0.2, 0.25) is 0 Å². The van der Waals surface area contributed by atoms with Crippen LogP contribution in [0.3, 0.4) is 0 Å². The standard InChI is InChI=1S/C12H14N4O4S/c17-16(18)11-3-1-4-12(9-11)21(19,20)14-5-2-7-15-8-6-13-10-15/h1,3-4,6,8-10,14H,2,5,7H2/p+1. The third-order valence-corrected chi connectivity index (χ3v) is 4.35. The maximum Gasteiger partial charge on any atom is 0.270 e. The van der Waals surface area contributed by atoms with E-state index in [1.807, 2.05) is 6.20 Å². The van der Waals surface area contributed by atoms with Gasteiger partial charge in [0.2, 0.25) is 10.0 Å². The average molecular weight is 311 g/mol. The van der Waals surface area contributed by atoms with Gasteiger partial charge in [-0.15, -0.1) is 0 Å². The van der Waals surface area contributed by atoms with E-state index in [2.05, 4.69) is 9.71 Å². The molecule has 0 saturated carbocycles. The molecule has 112 valence electrons. The van der Waals surface area contributed by atoms with Gasteiger partial charge in [0.05, 0.1) is 22.6 Å². The molecule has 0 aromatic heterocycles. The van der Waals surface area contributed by atoms with Crippen LogP contribution in [0.15, 0.2) is 46.6 Å². The molecular formula is C12H15N4O4S+. The molecule has 1 aromatic rings. The van der Waals surface area contributed by atoms with E-state index >= 15 is 0 Å². The second-order valence-corrected chi connectivity index (χ2v) is 6.19. The van der Waals surface area contributed by atoms with E-state index in [1.54, 1.807) is 12.5 Å². The minimum absolute atomic E-state index is 0.105. The Morgan fingerprint density at radius 1 is 1.38 bits per heavy atom. The van der Waals surface area contributed by atoms with Gasteiger partial charge in [-0.1, -0.05) is 6.07 Å². The maximum atomic E-state index is 12.0. The second kappa shape index (κ2) is 6.57. The summed E-state index contributed by atoms with van der Waals surface area (Å²) in [7, 11) is -3.73. The number of nitro benzene ring substituents is 1. The lowest BCUT2D eigenvalue weighted by molar-refractivity contribution is -0.736. The lowest BCUT2D eigenvalue weighted by Crippen LogP contribution is -3.05. The normalized spacial score (nSPS) is 17.2. The molecule has 21 heavy (non-hydrogen) atoms. The number of nitro groups is 1. The van der Waals surface area contributed by atoms with Crippen molar-refractivity contribution in [3.05, 3.63) is 46.8 Å². The quantitative estimate of drug-likeness (QED) is 0.408. The molecule has 0 aliphatic carbocycles. The van der Waals surface area contributed by atoms with Gasteiger partial charge in [-0.3, -0.25) is 15.0 Å². The monoisotopic (exact) mass is 311 g/mol. The third kappa shape index (κ3) is 4.18. The van der Waals surface area contributed by atoms with Crippen molar-refractivity contribution in [1.29, 1.82) is 0 Å². The topological polar surface area (TPSA) is 106 Å². The summed E-state index contributed by atoms with van der Waals surface area (Å²) < 4.78 is 26.5. The van der Waals surface area contributed by atoms with Crippen molar-refractivity contribution in [3.63, 3.8) is 0 Å². The second-order valence-electron chi connectivity index (χ2n) is 4.42. The molecule has 1 aromatic carbocycles. The predicted molar refractivity (Wildman–Crippen MR) is 76.4 cm³/mol. The van der Waals surface area contributed by atoms with Gasteiger partial charge in [0.15, 0.2) is 6.34 Å². The molecule has 0 radical (unpaired) electrons. The molecule has 2 N–H and O–H groups in total. The van der Waals surface area contributed by atoms with Gasteiger partial charge in [-0.25, -0.2) is 18.1 Å². The highest BCUT2D eigenvalue weighted by Crippen LogP contribution is 2.16. The summed E-state index contributed by atoms with van der Waals surface area (Å²) in [6.07, 6.45) is 5.91. The first-order chi connectivity index (χ1) is 9.99. The molecule has 0 fully saturated rings. The molecule has 1 unspecified atom stereocenters. The predicted octanol–water partition coefficient (Wildman–Crippen LogP) is -0.339. The van der Waals surface area contributed by atoms with Crippen LogP contribution < -0.4 is 9.62 Å². The molecule has 2 rings (SSSR count). The van der Waals surface area contributed by atoms with Crippen LogP contribution in [0, 0.1) is 10.1 Å². The van der Waals surface area contributed by atoms with Gasteiger partial charge in [0.1, 0.15) is 6.20 Å². The fourth-order valence-corrected chi connectivity index (χ4v) is 2.93. The van der Waals surface area contributed by atoms with Crippen LogP contribution in [-0.2, 0) is 10.0 Å². The molecule has 1 aliphatic rings. The number of hydrogen-bond donors (Lipinski definition) is 2. The van der Waals surface area contributed by atoms with E-state index in [0.717, 1.165) is 17.5 Å². The van der Waals surface area contributed by atoms with E-state index in [4.69, 9.17) is 0 Å². The summed E-state index contributed by atoms with van der Waals surface area (Å²) in [5, 5.41) is 10.7. The van der Waals surface area contributed by atoms with Crippen molar-refractivity contribution in [2.24, 2.45) is 4.99 Å². The van der Waals surface area contributed by atoms with Crippen molar-refractivity contribution < 1.29 is 18.2 Å². The van der Waals surface area contributed by atoms with Crippen LogP contribution in [-0.4, -0.2) is 32.8 Å². The number of quaternary nitrogens is 1. The number of sulfonamides is 1. The molecule has 0 saturated heterocycles. The highest BCUT2D eigenvalue weighted by Gasteiger charge is 2.17. The zero-order valence-corrected chi connectivity index (χ0v) is 11.9. The molecule has 8 nitrogen and oxygen atoms in total. The van der Waals surface area contributed by atoms with Crippen LogP contribution in [0.1, 0.15) is 6.42 Å². The highest BCUT2D eigenvalue weighted by atomic mass is 32.2. The molecule has 0 bridgehead atoms. The summed E-state index contributed by atoms with van der Waals surface area (Å²) in [5.41, 5.74) is -0.249. The summed E-state index contributed by atoms with van der Waals surface area (Å²) in [4.78, 5) is 14.9. The average Bonchev–Trinajstić information content (AvgIpc) is 2.97. The molecule has 0 amide bonds. The lowest BCUT2D eigenvalue weighted by atomic mass is 10.3. The molecule has 1 heterocycles. The van der Waals surface area contributed by atoms with Crippen molar-refractivity contribution in [2.75, 3.05) is 13.1 Å². The molecular weight excluding hydrogens is 296 g/mol.